The van der Waals surface area contributed by atoms with Crippen molar-refractivity contribution in [2.24, 2.45) is 5.11 Å². The Kier molecular flexibility index (Phi) is 5.53. The number of hydrogen-bond acceptors (Lipinski definition) is 5. The van der Waals surface area contributed by atoms with E-state index in [4.69, 9.17) is 17.1 Å². The maximum absolute atomic E-state index is 10.6. The van der Waals surface area contributed by atoms with Gasteiger partial charge in [0, 0.05) is 34.2 Å². The third kappa shape index (κ3) is 4.08. The first-order chi connectivity index (χ1) is 8.97. The molecule has 1 rings (SSSR count). The van der Waals surface area contributed by atoms with E-state index in [9.17, 15) is 20.3 Å². The zero-order valence-corrected chi connectivity index (χ0v) is 10.4. The molecule has 0 aliphatic rings. The number of non-ortho nitro benzene ring substituents is 1. The summed E-state index contributed by atoms with van der Waals surface area (Å²) in [6.45, 7) is 0.00126. The molecule has 0 amide bonds. The summed E-state index contributed by atoms with van der Waals surface area (Å²) in [5.74, 6) is 0. The smallest absolute Gasteiger partial charge is 0.269 e. The molecule has 2 N–H and O–H groups in total. The van der Waals surface area contributed by atoms with Crippen LogP contribution in [0.5, 0.6) is 0 Å². The Balaban J connectivity index is 2.91. The number of nitrogens with zero attached hydrogens (tertiary/aromatic N) is 4. The van der Waals surface area contributed by atoms with Gasteiger partial charge in [0.2, 0.25) is 0 Å². The fourth-order valence-corrected chi connectivity index (χ4v) is 1.70. The highest BCUT2D eigenvalue weighted by molar-refractivity contribution is 6.31. The van der Waals surface area contributed by atoms with Gasteiger partial charge in [0.05, 0.1) is 11.0 Å². The van der Waals surface area contributed by atoms with Gasteiger partial charge in [-0.05, 0) is 18.0 Å². The van der Waals surface area contributed by atoms with Crippen LogP contribution in [0.1, 0.15) is 18.1 Å². The first kappa shape index (κ1) is 15.2. The average Bonchev–Trinajstić information content (AvgIpc) is 2.38. The van der Waals surface area contributed by atoms with Gasteiger partial charge in [-0.1, -0.05) is 16.7 Å². The third-order valence-electron chi connectivity index (χ3n) is 2.46. The van der Waals surface area contributed by atoms with Crippen LogP contribution < -0.4 is 0 Å². The summed E-state index contributed by atoms with van der Waals surface area (Å²) in [6, 6.07) is 3.58. The Morgan fingerprint density at radius 2 is 2.21 bits per heavy atom. The Labute approximate surface area is 113 Å². The third-order valence-corrected chi connectivity index (χ3v) is 2.81. The number of rotatable bonds is 6. The van der Waals surface area contributed by atoms with Crippen molar-refractivity contribution < 1.29 is 15.1 Å². The Morgan fingerprint density at radius 3 is 2.79 bits per heavy atom. The number of nitro groups is 1. The fourth-order valence-electron chi connectivity index (χ4n) is 1.47. The number of aliphatic hydroxyl groups is 2. The van der Waals surface area contributed by atoms with Gasteiger partial charge in [-0.15, -0.1) is 0 Å². The van der Waals surface area contributed by atoms with Crippen molar-refractivity contribution in [3.05, 3.63) is 49.3 Å². The van der Waals surface area contributed by atoms with E-state index in [1.54, 1.807) is 0 Å². The van der Waals surface area contributed by atoms with Crippen LogP contribution in [0.3, 0.4) is 0 Å². The van der Waals surface area contributed by atoms with E-state index >= 15 is 0 Å². The molecule has 0 saturated heterocycles. The summed E-state index contributed by atoms with van der Waals surface area (Å²) in [5, 5.41) is 33.5. The van der Waals surface area contributed by atoms with E-state index in [1.807, 2.05) is 0 Å². The highest BCUT2D eigenvalue weighted by Crippen LogP contribution is 2.29. The molecule has 1 aromatic rings. The van der Waals surface area contributed by atoms with Gasteiger partial charge in [-0.25, -0.2) is 0 Å². The molecule has 1 aromatic carbocycles. The topological polar surface area (TPSA) is 132 Å². The van der Waals surface area contributed by atoms with E-state index in [-0.39, 0.29) is 29.2 Å². The highest BCUT2D eigenvalue weighted by atomic mass is 35.5. The van der Waals surface area contributed by atoms with Gasteiger partial charge >= 0.3 is 0 Å². The molecule has 19 heavy (non-hydrogen) atoms. The second-order valence-corrected chi connectivity index (χ2v) is 4.13. The van der Waals surface area contributed by atoms with Gasteiger partial charge in [-0.3, -0.25) is 10.1 Å². The Morgan fingerprint density at radius 1 is 1.53 bits per heavy atom. The van der Waals surface area contributed by atoms with Gasteiger partial charge in [-0.2, -0.15) is 0 Å². The predicted molar refractivity (Wildman–Crippen MR) is 67.7 cm³/mol. The van der Waals surface area contributed by atoms with E-state index < -0.39 is 17.1 Å². The Bertz CT molecular complexity index is 518. The quantitative estimate of drug-likeness (QED) is 0.273. The van der Waals surface area contributed by atoms with Crippen molar-refractivity contribution in [1.82, 2.24) is 0 Å². The van der Waals surface area contributed by atoms with Crippen LogP contribution in [0, 0.1) is 10.1 Å². The first-order valence-corrected chi connectivity index (χ1v) is 5.66. The van der Waals surface area contributed by atoms with Crippen LogP contribution in [0.2, 0.25) is 5.02 Å². The normalized spacial score (nSPS) is 13.4. The van der Waals surface area contributed by atoms with E-state index in [1.165, 1.54) is 12.1 Å². The second-order valence-electron chi connectivity index (χ2n) is 3.72. The molecule has 0 saturated carbocycles. The molecule has 102 valence electrons. The summed E-state index contributed by atoms with van der Waals surface area (Å²) < 4.78 is 0. The average molecular weight is 287 g/mol. The van der Waals surface area contributed by atoms with Crippen LogP contribution in [0.25, 0.3) is 10.4 Å². The second kappa shape index (κ2) is 6.91. The van der Waals surface area contributed by atoms with Gasteiger partial charge in [0.25, 0.3) is 5.69 Å². The van der Waals surface area contributed by atoms with Crippen molar-refractivity contribution in [3.8, 4) is 0 Å². The van der Waals surface area contributed by atoms with Crippen molar-refractivity contribution in [2.75, 3.05) is 6.54 Å². The lowest BCUT2D eigenvalue weighted by Crippen LogP contribution is -2.19. The van der Waals surface area contributed by atoms with E-state index in [0.29, 0.717) is 0 Å². The summed E-state index contributed by atoms with van der Waals surface area (Å²) in [5.41, 5.74) is 7.92. The summed E-state index contributed by atoms with van der Waals surface area (Å²) in [4.78, 5) is 12.5. The molecule has 8 nitrogen and oxygen atoms in total. The summed E-state index contributed by atoms with van der Waals surface area (Å²) in [7, 11) is 0. The number of aliphatic hydroxyl groups excluding tert-OH is 2. The number of nitro benzene ring substituents is 1. The van der Waals surface area contributed by atoms with Gasteiger partial charge in [0.15, 0.2) is 0 Å². The lowest BCUT2D eigenvalue weighted by atomic mass is 10.0. The standard InChI is InChI=1S/C10H11ClN4O4/c11-8-2-1-6(15(18)19)5-7(8)10(17)9(16)3-4-13-14-12/h1-2,5,9-10,16-17H,3-4H2. The van der Waals surface area contributed by atoms with Crippen molar-refractivity contribution in [2.45, 2.75) is 18.6 Å². The molecule has 0 aliphatic carbocycles. The molecule has 0 bridgehead atoms. The maximum Gasteiger partial charge on any atom is 0.269 e. The van der Waals surface area contributed by atoms with Crippen LogP contribution in [0.15, 0.2) is 23.3 Å². The van der Waals surface area contributed by atoms with Crippen molar-refractivity contribution in [3.63, 3.8) is 0 Å². The predicted octanol–water partition coefficient (Wildman–Crippen LogP) is 2.34. The molecule has 2 atom stereocenters. The molecule has 0 radical (unpaired) electrons. The number of azide groups is 1. The number of halogens is 1. The monoisotopic (exact) mass is 286 g/mol. The lowest BCUT2D eigenvalue weighted by molar-refractivity contribution is -0.385. The van der Waals surface area contributed by atoms with Crippen LogP contribution in [-0.2, 0) is 0 Å². The minimum Gasteiger partial charge on any atom is -0.390 e. The first-order valence-electron chi connectivity index (χ1n) is 5.28. The maximum atomic E-state index is 10.6. The zero-order valence-electron chi connectivity index (χ0n) is 9.68. The lowest BCUT2D eigenvalue weighted by Gasteiger charge is -2.18. The zero-order chi connectivity index (χ0) is 14.4. The molecule has 0 aromatic heterocycles. The minimum atomic E-state index is -1.39. The SMILES string of the molecule is [N-]=[N+]=NCCC(O)C(O)c1cc([N+](=O)[O-])ccc1Cl. The molecule has 0 heterocycles. The molecule has 2 unspecified atom stereocenters. The molecule has 0 spiro atoms. The van der Waals surface area contributed by atoms with Gasteiger partial charge in [0.1, 0.15) is 6.10 Å². The van der Waals surface area contributed by atoms with E-state index in [2.05, 4.69) is 10.0 Å². The molecular weight excluding hydrogens is 276 g/mol. The summed E-state index contributed by atoms with van der Waals surface area (Å²) >= 11 is 5.83. The molecular formula is C10H11ClN4O4. The van der Waals surface area contributed by atoms with Gasteiger partial charge < -0.3 is 10.2 Å². The molecule has 0 fully saturated rings. The van der Waals surface area contributed by atoms with Crippen molar-refractivity contribution in [1.29, 1.82) is 0 Å². The number of hydrogen-bond donors (Lipinski definition) is 2. The molecule has 0 aliphatic heterocycles. The van der Waals surface area contributed by atoms with Crippen LogP contribution >= 0.6 is 11.6 Å². The van der Waals surface area contributed by atoms with Crippen LogP contribution in [0.4, 0.5) is 5.69 Å². The molecule has 9 heteroatoms. The van der Waals surface area contributed by atoms with Crippen LogP contribution in [-0.4, -0.2) is 27.8 Å². The largest absolute Gasteiger partial charge is 0.390 e. The highest BCUT2D eigenvalue weighted by Gasteiger charge is 2.22. The Hall–Kier alpha value is -1.86. The van der Waals surface area contributed by atoms with Crippen molar-refractivity contribution >= 4 is 17.3 Å². The number of benzene rings is 1. The fraction of sp³-hybridized carbons (Fsp3) is 0.400. The summed E-state index contributed by atoms with van der Waals surface area (Å²) in [6.07, 6.45) is -2.60. The minimum absolute atomic E-state index is 0.00126. The van der Waals surface area contributed by atoms with E-state index in [0.717, 1.165) is 6.07 Å².